The van der Waals surface area contributed by atoms with Crippen LogP contribution >= 0.6 is 0 Å². The van der Waals surface area contributed by atoms with Gasteiger partial charge in [0.1, 0.15) is 0 Å². The molecule has 236 valence electrons. The van der Waals surface area contributed by atoms with Gasteiger partial charge < -0.3 is 13.6 Å². The van der Waals surface area contributed by atoms with Crippen LogP contribution in [0.25, 0.3) is 0 Å². The number of hydrogen-bond acceptors (Lipinski definition) is 3. The van der Waals surface area contributed by atoms with Crippen LogP contribution in [-0.2, 0) is 13.6 Å². The molecule has 0 spiro atoms. The molecule has 5 heteroatoms. The molecule has 2 aliphatic rings. The number of ether oxygens (including phenoxy) is 1. The Morgan fingerprint density at radius 2 is 0.756 bits per heavy atom. The van der Waals surface area contributed by atoms with Crippen LogP contribution in [0.15, 0.2) is 121 Å². The van der Waals surface area contributed by atoms with E-state index in [4.69, 9.17) is 13.6 Å². The van der Waals surface area contributed by atoms with Crippen molar-refractivity contribution in [3.05, 3.63) is 121 Å². The minimum absolute atomic E-state index is 0.0517. The third-order valence-electron chi connectivity index (χ3n) is 10.3. The van der Waals surface area contributed by atoms with Crippen molar-refractivity contribution >= 4 is 37.4 Å². The maximum Gasteiger partial charge on any atom is 0.261 e. The summed E-state index contributed by atoms with van der Waals surface area (Å²) in [5.74, 6) is 0.738. The van der Waals surface area contributed by atoms with Gasteiger partial charge in [-0.05, 0) is 55.5 Å². The summed E-state index contributed by atoms with van der Waals surface area (Å²) >= 11 is 0. The summed E-state index contributed by atoms with van der Waals surface area (Å²) in [4.78, 5) is 0. The molecule has 0 N–H and O–H groups in total. The van der Waals surface area contributed by atoms with Crippen LogP contribution in [0.2, 0.25) is 10.1 Å². The largest absolute Gasteiger partial charge is 0.407 e. The van der Waals surface area contributed by atoms with Gasteiger partial charge in [0.05, 0.1) is 12.2 Å². The van der Waals surface area contributed by atoms with E-state index in [0.29, 0.717) is 37.3 Å². The van der Waals surface area contributed by atoms with E-state index in [0.717, 1.165) is 12.8 Å². The Morgan fingerprint density at radius 3 is 1.00 bits per heavy atom. The average molecular weight is 635 g/mol. The Hall–Kier alpha value is -2.81. The smallest absolute Gasteiger partial charge is 0.261 e. The highest BCUT2D eigenvalue weighted by Gasteiger charge is 2.55. The fourth-order valence-corrected chi connectivity index (χ4v) is 17.2. The number of epoxide rings is 1. The molecule has 1 saturated heterocycles. The molecule has 1 aliphatic carbocycles. The second-order valence-electron chi connectivity index (χ2n) is 15.2. The van der Waals surface area contributed by atoms with Crippen LogP contribution < -0.4 is 20.7 Å². The second-order valence-corrected chi connectivity index (χ2v) is 23.8. The van der Waals surface area contributed by atoms with Gasteiger partial charge in [-0.2, -0.15) is 0 Å². The van der Waals surface area contributed by atoms with Gasteiger partial charge in [0.2, 0.25) is 0 Å². The number of fused-ring (bicyclic) bond motifs is 1. The zero-order valence-electron chi connectivity index (χ0n) is 27.9. The lowest BCUT2D eigenvalue weighted by Gasteiger charge is -2.46. The highest BCUT2D eigenvalue weighted by molar-refractivity contribution is 7.00. The summed E-state index contributed by atoms with van der Waals surface area (Å²) in [7, 11) is -5.28. The summed E-state index contributed by atoms with van der Waals surface area (Å²) < 4.78 is 21.2. The fraction of sp³-hybridized carbons (Fsp3) is 0.400. The third-order valence-corrected chi connectivity index (χ3v) is 20.3. The first kappa shape index (κ1) is 32.1. The molecule has 0 unspecified atom stereocenters. The summed E-state index contributed by atoms with van der Waals surface area (Å²) in [5.41, 5.74) is 0. The van der Waals surface area contributed by atoms with Crippen molar-refractivity contribution in [3.8, 4) is 0 Å². The molecular formula is C40H50O3Si2. The van der Waals surface area contributed by atoms with Crippen LogP contribution in [-0.4, -0.2) is 42.1 Å². The van der Waals surface area contributed by atoms with E-state index in [9.17, 15) is 0 Å². The van der Waals surface area contributed by atoms with Gasteiger partial charge in [0.25, 0.3) is 16.6 Å². The van der Waals surface area contributed by atoms with Crippen LogP contribution in [0.5, 0.6) is 0 Å². The Kier molecular flexibility index (Phi) is 9.12. The van der Waals surface area contributed by atoms with E-state index >= 15 is 0 Å². The van der Waals surface area contributed by atoms with E-state index in [1.807, 2.05) is 0 Å². The number of rotatable bonds is 10. The molecule has 1 heterocycles. The van der Waals surface area contributed by atoms with Gasteiger partial charge in [-0.1, -0.05) is 163 Å². The van der Waals surface area contributed by atoms with Gasteiger partial charge in [-0.15, -0.1) is 0 Å². The zero-order valence-corrected chi connectivity index (χ0v) is 29.9. The summed E-state index contributed by atoms with van der Waals surface area (Å²) in [6.45, 7) is 15.6. The van der Waals surface area contributed by atoms with Crippen LogP contribution in [0.3, 0.4) is 0 Å². The molecule has 3 nitrogen and oxygen atoms in total. The van der Waals surface area contributed by atoms with Crippen LogP contribution in [0.4, 0.5) is 0 Å². The summed E-state index contributed by atoms with van der Waals surface area (Å²) in [6, 6.07) is 44.1. The van der Waals surface area contributed by atoms with Gasteiger partial charge in [0.15, 0.2) is 0 Å². The first-order valence-corrected chi connectivity index (χ1v) is 20.5. The topological polar surface area (TPSA) is 31.0 Å². The molecule has 45 heavy (non-hydrogen) atoms. The first-order chi connectivity index (χ1) is 21.6. The third kappa shape index (κ3) is 6.18. The van der Waals surface area contributed by atoms with E-state index in [-0.39, 0.29) is 10.1 Å². The first-order valence-electron chi connectivity index (χ1n) is 16.7. The van der Waals surface area contributed by atoms with Crippen molar-refractivity contribution in [2.75, 3.05) is 13.2 Å². The molecule has 1 saturated carbocycles. The molecule has 4 aromatic rings. The van der Waals surface area contributed by atoms with Crippen LogP contribution in [0.1, 0.15) is 54.4 Å². The van der Waals surface area contributed by atoms with Gasteiger partial charge >= 0.3 is 0 Å². The minimum Gasteiger partial charge on any atom is -0.407 e. The summed E-state index contributed by atoms with van der Waals surface area (Å²) in [6.07, 6.45) is 2.80. The van der Waals surface area contributed by atoms with Crippen molar-refractivity contribution < 1.29 is 13.6 Å². The fourth-order valence-electron chi connectivity index (χ4n) is 7.97. The van der Waals surface area contributed by atoms with Crippen molar-refractivity contribution in [1.29, 1.82) is 0 Å². The van der Waals surface area contributed by atoms with Crippen LogP contribution in [0, 0.1) is 11.8 Å². The average Bonchev–Trinajstić information content (AvgIpc) is 3.81. The second kappa shape index (κ2) is 12.8. The Balaban J connectivity index is 1.33. The normalized spacial score (nSPS) is 22.1. The lowest BCUT2D eigenvalue weighted by atomic mass is 9.80. The van der Waals surface area contributed by atoms with Gasteiger partial charge in [-0.25, -0.2) is 0 Å². The predicted octanol–water partition coefficient (Wildman–Crippen LogP) is 6.93. The van der Waals surface area contributed by atoms with E-state index in [2.05, 4.69) is 163 Å². The number of benzene rings is 4. The SMILES string of the molecule is CC(C)(C)[Si](OC[C@@H]1C[C@@H]2O[C@@H]2C[C@@H]1CO[Si](c1ccccc1)(c1ccccc1)C(C)(C)C)(c1ccccc1)c1ccccc1. The molecule has 4 aromatic carbocycles. The van der Waals surface area contributed by atoms with Crippen molar-refractivity contribution in [1.82, 2.24) is 0 Å². The monoisotopic (exact) mass is 634 g/mol. The lowest BCUT2D eigenvalue weighted by Crippen LogP contribution is -2.67. The molecule has 6 rings (SSSR count). The Bertz CT molecular complexity index is 1320. The van der Waals surface area contributed by atoms with Crippen molar-refractivity contribution in [2.45, 2.75) is 76.7 Å². The zero-order chi connectivity index (χ0) is 31.7. The molecule has 0 aromatic heterocycles. The van der Waals surface area contributed by atoms with E-state index < -0.39 is 16.6 Å². The van der Waals surface area contributed by atoms with Gasteiger partial charge in [0, 0.05) is 13.2 Å². The lowest BCUT2D eigenvalue weighted by molar-refractivity contribution is 0.108. The number of hydrogen-bond donors (Lipinski definition) is 0. The highest BCUT2D eigenvalue weighted by Crippen LogP contribution is 2.46. The van der Waals surface area contributed by atoms with Gasteiger partial charge in [-0.3, -0.25) is 0 Å². The molecule has 0 bridgehead atoms. The van der Waals surface area contributed by atoms with E-state index in [1.165, 1.54) is 20.7 Å². The Labute approximate surface area is 273 Å². The Morgan fingerprint density at radius 1 is 0.489 bits per heavy atom. The standard InChI is InChI=1S/C40H50O3Si2/c1-39(2,3)44(33-19-11-7-12-20-33,34-21-13-8-14-22-34)41-29-31-27-37-38(43-37)28-32(31)30-42-45(40(4,5)6,35-23-15-9-16-24-35)36-25-17-10-18-26-36/h7-26,31-32,37-38H,27-30H2,1-6H3/t31-,32+,37-,38+. The molecule has 0 amide bonds. The molecule has 1 aliphatic heterocycles. The minimum atomic E-state index is -2.64. The maximum absolute atomic E-state index is 7.51. The molecule has 2 fully saturated rings. The summed E-state index contributed by atoms with van der Waals surface area (Å²) in [5, 5.41) is 5.23. The van der Waals surface area contributed by atoms with E-state index in [1.54, 1.807) is 0 Å². The molecule has 4 atom stereocenters. The van der Waals surface area contributed by atoms with Crippen molar-refractivity contribution in [2.24, 2.45) is 11.8 Å². The van der Waals surface area contributed by atoms with Crippen molar-refractivity contribution in [3.63, 3.8) is 0 Å². The molecular weight excluding hydrogens is 585 g/mol. The highest BCUT2D eigenvalue weighted by atomic mass is 28.4. The predicted molar refractivity (Wildman–Crippen MR) is 192 cm³/mol. The maximum atomic E-state index is 7.51. The quantitative estimate of drug-likeness (QED) is 0.140. The molecule has 0 radical (unpaired) electrons.